The number of hydrogen-bond donors (Lipinski definition) is 1. The molecule has 0 aromatic heterocycles. The van der Waals surface area contributed by atoms with Crippen LogP contribution in [-0.2, 0) is 20.9 Å². The molecule has 5 nitrogen and oxygen atoms in total. The third-order valence-electron chi connectivity index (χ3n) is 4.17. The zero-order valence-corrected chi connectivity index (χ0v) is 11.2. The molecule has 0 radical (unpaired) electrons. The number of nitrogens with two attached hydrogens (primary N) is 1. The van der Waals surface area contributed by atoms with Crippen LogP contribution >= 0.6 is 0 Å². The van der Waals surface area contributed by atoms with Gasteiger partial charge in [0.15, 0.2) is 0 Å². The number of ether oxygens (including phenoxy) is 1. The minimum Gasteiger partial charge on any atom is -0.368 e. The minimum absolute atomic E-state index is 0.0905. The first-order chi connectivity index (χ1) is 9.66. The van der Waals surface area contributed by atoms with Crippen LogP contribution < -0.4 is 5.73 Å². The van der Waals surface area contributed by atoms with Gasteiger partial charge in [0.1, 0.15) is 12.1 Å². The van der Waals surface area contributed by atoms with Crippen molar-refractivity contribution in [1.82, 2.24) is 4.90 Å². The summed E-state index contributed by atoms with van der Waals surface area (Å²) in [6, 6.07) is 9.32. The summed E-state index contributed by atoms with van der Waals surface area (Å²) in [6.45, 7) is 1.01. The Morgan fingerprint density at radius 1 is 1.30 bits per heavy atom. The van der Waals surface area contributed by atoms with Gasteiger partial charge in [-0.1, -0.05) is 30.3 Å². The van der Waals surface area contributed by atoms with E-state index in [9.17, 15) is 9.59 Å². The molecule has 0 spiro atoms. The molecule has 20 heavy (non-hydrogen) atoms. The van der Waals surface area contributed by atoms with Crippen molar-refractivity contribution in [2.45, 2.75) is 31.6 Å². The number of hydrogen-bond acceptors (Lipinski definition) is 3. The summed E-state index contributed by atoms with van der Waals surface area (Å²) in [5.74, 6) is -0.324. The van der Waals surface area contributed by atoms with Crippen molar-refractivity contribution in [3.63, 3.8) is 0 Å². The van der Waals surface area contributed by atoms with E-state index < -0.39 is 18.1 Å². The average Bonchev–Trinajstić information content (AvgIpc) is 2.70. The maximum atomic E-state index is 12.3. The van der Waals surface area contributed by atoms with Crippen LogP contribution in [0.2, 0.25) is 0 Å². The van der Waals surface area contributed by atoms with Crippen molar-refractivity contribution in [3.05, 3.63) is 35.9 Å². The van der Waals surface area contributed by atoms with Gasteiger partial charge in [0.2, 0.25) is 5.91 Å². The first-order valence-corrected chi connectivity index (χ1v) is 6.92. The van der Waals surface area contributed by atoms with Crippen LogP contribution in [-0.4, -0.2) is 35.4 Å². The topological polar surface area (TPSA) is 72.6 Å². The Kier molecular flexibility index (Phi) is 3.44. The molecule has 2 bridgehead atoms. The smallest absolute Gasteiger partial charge is 0.252 e. The van der Waals surface area contributed by atoms with E-state index in [2.05, 4.69) is 0 Å². The summed E-state index contributed by atoms with van der Waals surface area (Å²) in [6.07, 6.45) is 1.03. The number of primary amides is 1. The van der Waals surface area contributed by atoms with E-state index in [-0.39, 0.29) is 11.8 Å². The second-order valence-corrected chi connectivity index (χ2v) is 5.46. The van der Waals surface area contributed by atoms with Gasteiger partial charge in [0, 0.05) is 12.5 Å². The van der Waals surface area contributed by atoms with E-state index in [0.29, 0.717) is 19.6 Å². The van der Waals surface area contributed by atoms with Gasteiger partial charge in [0.05, 0.1) is 6.61 Å². The first kappa shape index (κ1) is 13.1. The molecular formula is C15H18N2O3. The second-order valence-electron chi connectivity index (χ2n) is 5.46. The van der Waals surface area contributed by atoms with Crippen LogP contribution in [0.3, 0.4) is 0 Å². The lowest BCUT2D eigenvalue weighted by atomic mass is 9.94. The maximum Gasteiger partial charge on any atom is 0.252 e. The molecule has 2 aliphatic heterocycles. The zero-order chi connectivity index (χ0) is 14.1. The van der Waals surface area contributed by atoms with E-state index >= 15 is 0 Å². The third-order valence-corrected chi connectivity index (χ3v) is 4.17. The summed E-state index contributed by atoms with van der Waals surface area (Å²) in [5, 5.41) is 0. The molecule has 2 heterocycles. The molecule has 3 rings (SSSR count). The van der Waals surface area contributed by atoms with Gasteiger partial charge in [-0.3, -0.25) is 9.59 Å². The molecule has 1 aromatic rings. The standard InChI is InChI=1S/C15H18N2O3/c16-14(18)12-7-6-11-8-17(12)15(19)13(11)20-9-10-4-2-1-3-5-10/h1-5,11-13H,6-9H2,(H2,16,18)/t11-,12+,13?/m1/s1. The Bertz CT molecular complexity index is 517. The Labute approximate surface area is 117 Å². The van der Waals surface area contributed by atoms with Crippen LogP contribution in [0.5, 0.6) is 0 Å². The molecule has 0 aliphatic carbocycles. The number of benzene rings is 1. The normalized spacial score (nSPS) is 28.7. The number of fused-ring (bicyclic) bond motifs is 2. The predicted molar refractivity (Wildman–Crippen MR) is 72.4 cm³/mol. The fourth-order valence-electron chi connectivity index (χ4n) is 3.12. The lowest BCUT2D eigenvalue weighted by molar-refractivity contribution is -0.143. The number of rotatable bonds is 4. The van der Waals surface area contributed by atoms with Crippen molar-refractivity contribution in [2.75, 3.05) is 6.54 Å². The summed E-state index contributed by atoms with van der Waals surface area (Å²) in [4.78, 5) is 25.3. The number of carbonyl (C=O) groups is 2. The van der Waals surface area contributed by atoms with Crippen LogP contribution in [0.25, 0.3) is 0 Å². The second kappa shape index (κ2) is 5.25. The molecule has 2 fully saturated rings. The van der Waals surface area contributed by atoms with Crippen molar-refractivity contribution in [3.8, 4) is 0 Å². The number of carbonyl (C=O) groups excluding carboxylic acids is 2. The van der Waals surface area contributed by atoms with E-state index in [1.54, 1.807) is 4.90 Å². The largest absolute Gasteiger partial charge is 0.368 e. The molecule has 1 aromatic carbocycles. The van der Waals surface area contributed by atoms with Crippen molar-refractivity contribution < 1.29 is 14.3 Å². The Balaban J connectivity index is 1.67. The highest BCUT2D eigenvalue weighted by molar-refractivity contribution is 5.91. The monoisotopic (exact) mass is 274 g/mol. The number of amides is 2. The molecule has 2 N–H and O–H groups in total. The highest BCUT2D eigenvalue weighted by Gasteiger charge is 2.48. The van der Waals surface area contributed by atoms with Gasteiger partial charge in [-0.05, 0) is 18.4 Å². The number of nitrogens with zero attached hydrogens (tertiary/aromatic N) is 1. The van der Waals surface area contributed by atoms with Crippen molar-refractivity contribution in [1.29, 1.82) is 0 Å². The first-order valence-electron chi connectivity index (χ1n) is 6.92. The average molecular weight is 274 g/mol. The fraction of sp³-hybridized carbons (Fsp3) is 0.467. The zero-order valence-electron chi connectivity index (χ0n) is 11.2. The van der Waals surface area contributed by atoms with Gasteiger partial charge in [0.25, 0.3) is 5.91 Å². The predicted octanol–water partition coefficient (Wildman–Crippen LogP) is 0.678. The van der Waals surface area contributed by atoms with Gasteiger partial charge in [-0.2, -0.15) is 0 Å². The van der Waals surface area contributed by atoms with E-state index in [4.69, 9.17) is 10.5 Å². The van der Waals surface area contributed by atoms with Crippen LogP contribution in [0.1, 0.15) is 18.4 Å². The minimum atomic E-state index is -0.455. The third kappa shape index (κ3) is 2.29. The van der Waals surface area contributed by atoms with Crippen LogP contribution in [0.4, 0.5) is 0 Å². The summed E-state index contributed by atoms with van der Waals surface area (Å²) in [7, 11) is 0. The highest BCUT2D eigenvalue weighted by atomic mass is 16.5. The summed E-state index contributed by atoms with van der Waals surface area (Å²) in [5.41, 5.74) is 6.40. The molecule has 2 saturated heterocycles. The molecule has 5 heteroatoms. The lowest BCUT2D eigenvalue weighted by Gasteiger charge is -2.29. The van der Waals surface area contributed by atoms with Crippen molar-refractivity contribution in [2.24, 2.45) is 11.7 Å². The quantitative estimate of drug-likeness (QED) is 0.877. The van der Waals surface area contributed by atoms with Crippen molar-refractivity contribution >= 4 is 11.8 Å². The molecule has 1 unspecified atom stereocenters. The SMILES string of the molecule is NC(=O)[C@@H]1CC[C@@H]2CN1C(=O)C2OCc1ccccc1. The van der Waals surface area contributed by atoms with E-state index in [1.165, 1.54) is 0 Å². The number of piperidine rings is 1. The van der Waals surface area contributed by atoms with E-state index in [1.807, 2.05) is 30.3 Å². The molecule has 3 atom stereocenters. The van der Waals surface area contributed by atoms with E-state index in [0.717, 1.165) is 12.0 Å². The van der Waals surface area contributed by atoms with Gasteiger partial charge >= 0.3 is 0 Å². The fourth-order valence-corrected chi connectivity index (χ4v) is 3.12. The molecule has 2 aliphatic rings. The van der Waals surface area contributed by atoms with Gasteiger partial charge < -0.3 is 15.4 Å². The van der Waals surface area contributed by atoms with Gasteiger partial charge in [-0.15, -0.1) is 0 Å². The molecule has 2 amide bonds. The lowest BCUT2D eigenvalue weighted by Crippen LogP contribution is -2.47. The Morgan fingerprint density at radius 3 is 2.75 bits per heavy atom. The molecule has 0 saturated carbocycles. The summed E-state index contributed by atoms with van der Waals surface area (Å²) >= 11 is 0. The Hall–Kier alpha value is -1.88. The molecule has 106 valence electrons. The summed E-state index contributed by atoms with van der Waals surface area (Å²) < 4.78 is 5.80. The van der Waals surface area contributed by atoms with Gasteiger partial charge in [-0.25, -0.2) is 0 Å². The Morgan fingerprint density at radius 2 is 2.05 bits per heavy atom. The maximum absolute atomic E-state index is 12.3. The molecular weight excluding hydrogens is 256 g/mol. The van der Waals surface area contributed by atoms with Crippen LogP contribution in [0.15, 0.2) is 30.3 Å². The highest BCUT2D eigenvalue weighted by Crippen LogP contribution is 2.34. The van der Waals surface area contributed by atoms with Crippen LogP contribution in [0, 0.1) is 5.92 Å².